The molecule has 2 N–H and O–H groups in total. The Bertz CT molecular complexity index is 712. The molecule has 1 atom stereocenters. The molecule has 6 heteroatoms. The summed E-state index contributed by atoms with van der Waals surface area (Å²) in [6.07, 6.45) is 6.85. The largest absolute Gasteiger partial charge is 0.451 e. The summed E-state index contributed by atoms with van der Waals surface area (Å²) in [7, 11) is 0. The number of rotatable bonds is 8. The van der Waals surface area contributed by atoms with Crippen LogP contribution in [0.5, 0.6) is 0 Å². The molecule has 0 saturated carbocycles. The van der Waals surface area contributed by atoms with Crippen molar-refractivity contribution in [1.29, 1.82) is 0 Å². The van der Waals surface area contributed by atoms with Gasteiger partial charge in [-0.05, 0) is 58.1 Å². The summed E-state index contributed by atoms with van der Waals surface area (Å²) >= 11 is 0. The molecule has 0 heterocycles. The third kappa shape index (κ3) is 7.25. The van der Waals surface area contributed by atoms with Crippen LogP contribution in [0.25, 0.3) is 0 Å². The second-order valence-corrected chi connectivity index (χ2v) is 6.83. The summed E-state index contributed by atoms with van der Waals surface area (Å²) < 4.78 is 5.08. The highest BCUT2D eigenvalue weighted by atomic mass is 16.5. The molecule has 146 valence electrons. The number of carbonyl (C=O) groups is 3. The molecule has 0 aromatic heterocycles. The molecule has 0 unspecified atom stereocenters. The van der Waals surface area contributed by atoms with E-state index >= 15 is 0 Å². The topological polar surface area (TPSA) is 84.5 Å². The van der Waals surface area contributed by atoms with E-state index in [0.29, 0.717) is 12.1 Å². The summed E-state index contributed by atoms with van der Waals surface area (Å²) in [5, 5.41) is 5.29. The van der Waals surface area contributed by atoms with Gasteiger partial charge in [0.25, 0.3) is 11.8 Å². The zero-order valence-corrected chi connectivity index (χ0v) is 16.0. The minimum absolute atomic E-state index is 0.280. The van der Waals surface area contributed by atoms with Gasteiger partial charge >= 0.3 is 5.97 Å². The van der Waals surface area contributed by atoms with Crippen LogP contribution in [0.2, 0.25) is 0 Å². The van der Waals surface area contributed by atoms with Crippen molar-refractivity contribution in [2.75, 3.05) is 13.1 Å². The van der Waals surface area contributed by atoms with E-state index in [-0.39, 0.29) is 18.4 Å². The first-order valence-electron chi connectivity index (χ1n) is 9.45. The lowest BCUT2D eigenvalue weighted by atomic mass is 9.97. The van der Waals surface area contributed by atoms with Crippen LogP contribution in [-0.2, 0) is 14.3 Å². The molecule has 0 spiro atoms. The first-order chi connectivity index (χ1) is 13.0. The fraction of sp³-hybridized carbons (Fsp3) is 0.476. The van der Waals surface area contributed by atoms with Gasteiger partial charge in [0.1, 0.15) is 6.54 Å². The van der Waals surface area contributed by atoms with Crippen LogP contribution in [0.3, 0.4) is 0 Å². The van der Waals surface area contributed by atoms with Crippen LogP contribution in [0.1, 0.15) is 54.9 Å². The second kappa shape index (κ2) is 10.5. The number of carbonyl (C=O) groups excluding carboxylic acids is 3. The average molecular weight is 372 g/mol. The molecule has 1 aromatic rings. The number of ether oxygens (including phenoxy) is 1. The molecular formula is C21H28N2O4. The molecular weight excluding hydrogens is 344 g/mol. The Kier molecular flexibility index (Phi) is 8.04. The van der Waals surface area contributed by atoms with Crippen molar-refractivity contribution in [3.05, 3.63) is 47.0 Å². The highest BCUT2D eigenvalue weighted by Crippen LogP contribution is 2.19. The summed E-state index contributed by atoms with van der Waals surface area (Å²) in [5.74, 6) is -1.33. The monoisotopic (exact) mass is 372 g/mol. The Balaban J connectivity index is 1.67. The minimum atomic E-state index is -0.895. The second-order valence-electron chi connectivity index (χ2n) is 6.83. The van der Waals surface area contributed by atoms with E-state index in [1.165, 1.54) is 25.3 Å². The first-order valence-corrected chi connectivity index (χ1v) is 9.45. The van der Waals surface area contributed by atoms with Crippen LogP contribution in [0.15, 0.2) is 35.9 Å². The Morgan fingerprint density at radius 3 is 2.70 bits per heavy atom. The fourth-order valence-corrected chi connectivity index (χ4v) is 2.95. The van der Waals surface area contributed by atoms with Crippen LogP contribution in [0.4, 0.5) is 0 Å². The van der Waals surface area contributed by atoms with E-state index < -0.39 is 12.1 Å². The molecule has 27 heavy (non-hydrogen) atoms. The number of benzene rings is 1. The predicted octanol–water partition coefficient (Wildman–Crippen LogP) is 2.66. The van der Waals surface area contributed by atoms with Gasteiger partial charge in [-0.15, -0.1) is 0 Å². The maximum absolute atomic E-state index is 12.0. The zero-order chi connectivity index (χ0) is 19.6. The average Bonchev–Trinajstić information content (AvgIpc) is 2.66. The van der Waals surface area contributed by atoms with E-state index in [9.17, 15) is 14.4 Å². The van der Waals surface area contributed by atoms with Crippen LogP contribution in [0, 0.1) is 6.92 Å². The third-order valence-corrected chi connectivity index (χ3v) is 4.48. The Hall–Kier alpha value is -2.63. The molecule has 1 aromatic carbocycles. The predicted molar refractivity (Wildman–Crippen MR) is 103 cm³/mol. The van der Waals surface area contributed by atoms with Crippen molar-refractivity contribution >= 4 is 17.8 Å². The number of esters is 1. The van der Waals surface area contributed by atoms with Crippen LogP contribution in [-0.4, -0.2) is 37.0 Å². The summed E-state index contributed by atoms with van der Waals surface area (Å²) in [5.41, 5.74) is 2.81. The van der Waals surface area contributed by atoms with E-state index in [0.717, 1.165) is 24.8 Å². The Morgan fingerprint density at radius 2 is 2.00 bits per heavy atom. The zero-order valence-electron chi connectivity index (χ0n) is 16.0. The standard InChI is InChI=1S/C21H28N2O4/c1-15-7-6-10-18(13-15)21(26)23-14-19(24)27-16(2)20(25)22-12-11-17-8-4-3-5-9-17/h6-8,10,13,16H,3-5,9,11-12,14H2,1-2H3,(H,22,25)(H,23,26)/t16-/m0/s1. The van der Waals surface area contributed by atoms with Crippen molar-refractivity contribution in [1.82, 2.24) is 10.6 Å². The Labute approximate surface area is 160 Å². The van der Waals surface area contributed by atoms with Gasteiger partial charge in [-0.25, -0.2) is 0 Å². The fourth-order valence-electron chi connectivity index (χ4n) is 2.95. The van der Waals surface area contributed by atoms with E-state index in [1.807, 2.05) is 13.0 Å². The first kappa shape index (κ1) is 20.7. The van der Waals surface area contributed by atoms with Gasteiger partial charge in [0.15, 0.2) is 6.10 Å². The highest BCUT2D eigenvalue weighted by Gasteiger charge is 2.18. The van der Waals surface area contributed by atoms with E-state index in [1.54, 1.807) is 18.2 Å². The van der Waals surface area contributed by atoms with Crippen molar-refractivity contribution in [3.8, 4) is 0 Å². The molecule has 0 fully saturated rings. The summed E-state index contributed by atoms with van der Waals surface area (Å²) in [4.78, 5) is 35.9. The number of nitrogens with one attached hydrogen (secondary N) is 2. The number of allylic oxidation sites excluding steroid dienone is 1. The number of aryl methyl sites for hydroxylation is 1. The van der Waals surface area contributed by atoms with Crippen molar-refractivity contribution in [2.24, 2.45) is 0 Å². The van der Waals surface area contributed by atoms with Gasteiger partial charge in [0.05, 0.1) is 0 Å². The van der Waals surface area contributed by atoms with Crippen molar-refractivity contribution in [2.45, 2.75) is 52.1 Å². The molecule has 6 nitrogen and oxygen atoms in total. The molecule has 1 aliphatic rings. The van der Waals surface area contributed by atoms with Gasteiger partial charge in [0.2, 0.25) is 0 Å². The lowest BCUT2D eigenvalue weighted by Gasteiger charge is -2.16. The highest BCUT2D eigenvalue weighted by molar-refractivity contribution is 5.96. The smallest absolute Gasteiger partial charge is 0.326 e. The van der Waals surface area contributed by atoms with Crippen LogP contribution >= 0.6 is 0 Å². The van der Waals surface area contributed by atoms with Gasteiger partial charge in [-0.3, -0.25) is 14.4 Å². The minimum Gasteiger partial charge on any atom is -0.451 e. The molecule has 0 bridgehead atoms. The molecule has 0 saturated heterocycles. The lowest BCUT2D eigenvalue weighted by Crippen LogP contribution is -2.39. The van der Waals surface area contributed by atoms with Gasteiger partial charge < -0.3 is 15.4 Å². The number of hydrogen-bond acceptors (Lipinski definition) is 4. The lowest BCUT2D eigenvalue weighted by molar-refractivity contribution is -0.153. The third-order valence-electron chi connectivity index (χ3n) is 4.48. The van der Waals surface area contributed by atoms with Gasteiger partial charge in [-0.1, -0.05) is 29.3 Å². The van der Waals surface area contributed by atoms with E-state index in [4.69, 9.17) is 4.74 Å². The van der Waals surface area contributed by atoms with E-state index in [2.05, 4.69) is 16.7 Å². The maximum Gasteiger partial charge on any atom is 0.326 e. The molecule has 0 aliphatic heterocycles. The van der Waals surface area contributed by atoms with Crippen LogP contribution < -0.4 is 10.6 Å². The number of hydrogen-bond donors (Lipinski definition) is 2. The number of amides is 2. The quantitative estimate of drug-likeness (QED) is 0.543. The molecule has 2 rings (SSSR count). The van der Waals surface area contributed by atoms with Crippen molar-refractivity contribution < 1.29 is 19.1 Å². The SMILES string of the molecule is Cc1cccc(C(=O)NCC(=O)O[C@@H](C)C(=O)NCCC2=CCCCC2)c1. The summed E-state index contributed by atoms with van der Waals surface area (Å²) in [6.45, 7) is 3.67. The molecule has 2 amide bonds. The molecule has 0 radical (unpaired) electrons. The normalized spacial score (nSPS) is 14.7. The Morgan fingerprint density at radius 1 is 1.19 bits per heavy atom. The molecule has 1 aliphatic carbocycles. The van der Waals surface area contributed by atoms with Gasteiger partial charge in [0, 0.05) is 12.1 Å². The van der Waals surface area contributed by atoms with Crippen molar-refractivity contribution in [3.63, 3.8) is 0 Å². The summed E-state index contributed by atoms with van der Waals surface area (Å²) in [6, 6.07) is 7.07. The maximum atomic E-state index is 12.0. The van der Waals surface area contributed by atoms with Gasteiger partial charge in [-0.2, -0.15) is 0 Å².